The van der Waals surface area contributed by atoms with E-state index >= 15 is 0 Å². The summed E-state index contributed by atoms with van der Waals surface area (Å²) >= 11 is 0. The van der Waals surface area contributed by atoms with Crippen LogP contribution >= 0.6 is 12.4 Å². The zero-order chi connectivity index (χ0) is 12.7. The van der Waals surface area contributed by atoms with Gasteiger partial charge in [-0.1, -0.05) is 0 Å². The van der Waals surface area contributed by atoms with Gasteiger partial charge in [-0.15, -0.1) is 12.4 Å². The maximum absolute atomic E-state index is 4.59. The third kappa shape index (κ3) is 2.66. The lowest BCUT2D eigenvalue weighted by Gasteiger charge is -2.22. The average molecular weight is 294 g/mol. The molecule has 2 atom stereocenters. The first kappa shape index (κ1) is 13.8. The van der Waals surface area contributed by atoms with E-state index in [9.17, 15) is 0 Å². The molecule has 0 saturated carbocycles. The van der Waals surface area contributed by atoms with Gasteiger partial charge in [-0.25, -0.2) is 9.97 Å². The molecule has 0 spiro atoms. The summed E-state index contributed by atoms with van der Waals surface area (Å²) in [5.41, 5.74) is 1.12. The van der Waals surface area contributed by atoms with Crippen LogP contribution in [-0.4, -0.2) is 44.4 Å². The van der Waals surface area contributed by atoms with E-state index in [1.807, 2.05) is 16.7 Å². The fourth-order valence-corrected chi connectivity index (χ4v) is 3.34. The third-order valence-corrected chi connectivity index (χ3v) is 4.28. The zero-order valence-electron chi connectivity index (χ0n) is 11.4. The Morgan fingerprint density at radius 3 is 3.05 bits per heavy atom. The number of imidazole rings is 1. The molecule has 2 saturated heterocycles. The Morgan fingerprint density at radius 2 is 2.15 bits per heavy atom. The van der Waals surface area contributed by atoms with Crippen LogP contribution in [0.3, 0.4) is 0 Å². The molecule has 0 aromatic carbocycles. The number of likely N-dealkylation sites (tertiary alicyclic amines) is 1. The zero-order valence-corrected chi connectivity index (χ0v) is 12.2. The highest BCUT2D eigenvalue weighted by atomic mass is 35.5. The minimum Gasteiger partial charge on any atom is -0.310 e. The number of rotatable bonds is 2. The molecule has 1 N–H and O–H groups in total. The van der Waals surface area contributed by atoms with Gasteiger partial charge in [0.25, 0.3) is 0 Å². The van der Waals surface area contributed by atoms with E-state index in [1.54, 1.807) is 6.20 Å². The fraction of sp³-hybridized carbons (Fsp3) is 0.571. The standard InChI is InChI=1S/C14H19N5.ClH/c1-5-15-14-17-13(10-19(14)6-1)9-18-7-4-11-2-3-12(8-18)16-11;/h1,5-6,10-12,16H,2-4,7-9H2;1H. The molecule has 4 rings (SSSR count). The van der Waals surface area contributed by atoms with Crippen LogP contribution in [0.2, 0.25) is 0 Å². The number of hydrogen-bond donors (Lipinski definition) is 1. The molecule has 2 aromatic heterocycles. The smallest absolute Gasteiger partial charge is 0.233 e. The summed E-state index contributed by atoms with van der Waals surface area (Å²) < 4.78 is 2.00. The summed E-state index contributed by atoms with van der Waals surface area (Å²) in [6, 6.07) is 3.37. The first-order valence-corrected chi connectivity index (χ1v) is 7.14. The molecule has 2 aliphatic rings. The van der Waals surface area contributed by atoms with Crippen LogP contribution in [0.4, 0.5) is 0 Å². The van der Waals surface area contributed by atoms with Gasteiger partial charge >= 0.3 is 0 Å². The normalized spacial score (nSPS) is 26.4. The molecule has 2 fully saturated rings. The topological polar surface area (TPSA) is 45.5 Å². The Labute approximate surface area is 124 Å². The van der Waals surface area contributed by atoms with Gasteiger partial charge in [-0.3, -0.25) is 9.30 Å². The lowest BCUT2D eigenvalue weighted by atomic mass is 10.1. The number of nitrogens with zero attached hydrogens (tertiary/aromatic N) is 4. The molecule has 2 aromatic rings. The van der Waals surface area contributed by atoms with Crippen molar-refractivity contribution in [3.8, 4) is 0 Å². The Morgan fingerprint density at radius 1 is 1.25 bits per heavy atom. The Kier molecular flexibility index (Phi) is 3.92. The van der Waals surface area contributed by atoms with Gasteiger partial charge in [0, 0.05) is 50.3 Å². The molecule has 2 unspecified atom stereocenters. The summed E-state index contributed by atoms with van der Waals surface area (Å²) in [4.78, 5) is 11.4. The maximum atomic E-state index is 4.59. The number of aromatic nitrogens is 3. The second kappa shape index (κ2) is 5.68. The van der Waals surface area contributed by atoms with Crippen LogP contribution in [-0.2, 0) is 6.54 Å². The highest BCUT2D eigenvalue weighted by Crippen LogP contribution is 2.21. The van der Waals surface area contributed by atoms with Crippen molar-refractivity contribution in [2.75, 3.05) is 13.1 Å². The van der Waals surface area contributed by atoms with Crippen LogP contribution in [0, 0.1) is 0 Å². The summed E-state index contributed by atoms with van der Waals surface area (Å²) in [6.07, 6.45) is 9.84. The van der Waals surface area contributed by atoms with E-state index in [0.717, 1.165) is 30.6 Å². The molecule has 6 heteroatoms. The van der Waals surface area contributed by atoms with Gasteiger partial charge in [0.05, 0.1) is 5.69 Å². The van der Waals surface area contributed by atoms with E-state index in [0.29, 0.717) is 6.04 Å². The third-order valence-electron chi connectivity index (χ3n) is 4.28. The van der Waals surface area contributed by atoms with Gasteiger partial charge in [0.15, 0.2) is 0 Å². The van der Waals surface area contributed by atoms with Gasteiger partial charge in [-0.05, 0) is 25.3 Å². The molecule has 2 bridgehead atoms. The Bertz CT molecular complexity index is 551. The van der Waals surface area contributed by atoms with Crippen LogP contribution < -0.4 is 5.32 Å². The summed E-state index contributed by atoms with van der Waals surface area (Å²) in [5, 5.41) is 3.72. The summed E-state index contributed by atoms with van der Waals surface area (Å²) in [5.74, 6) is 0.798. The second-order valence-corrected chi connectivity index (χ2v) is 5.72. The molecular weight excluding hydrogens is 274 g/mol. The summed E-state index contributed by atoms with van der Waals surface area (Å²) in [7, 11) is 0. The Balaban J connectivity index is 0.00000121. The Hall–Kier alpha value is -1.17. The molecule has 5 nitrogen and oxygen atoms in total. The maximum Gasteiger partial charge on any atom is 0.233 e. The highest BCUT2D eigenvalue weighted by Gasteiger charge is 2.29. The predicted molar refractivity (Wildman–Crippen MR) is 80.1 cm³/mol. The fourth-order valence-electron chi connectivity index (χ4n) is 3.34. The van der Waals surface area contributed by atoms with E-state index < -0.39 is 0 Å². The van der Waals surface area contributed by atoms with Crippen molar-refractivity contribution in [2.24, 2.45) is 0 Å². The van der Waals surface area contributed by atoms with Crippen molar-refractivity contribution >= 4 is 18.2 Å². The number of nitrogens with one attached hydrogen (secondary N) is 1. The number of fused-ring (bicyclic) bond motifs is 3. The van der Waals surface area contributed by atoms with Crippen molar-refractivity contribution in [3.63, 3.8) is 0 Å². The molecule has 0 aliphatic carbocycles. The molecular formula is C14H20ClN5. The van der Waals surface area contributed by atoms with Gasteiger partial charge in [0.1, 0.15) is 0 Å². The van der Waals surface area contributed by atoms with Crippen LogP contribution in [0.25, 0.3) is 5.78 Å². The van der Waals surface area contributed by atoms with E-state index in [-0.39, 0.29) is 12.4 Å². The molecule has 0 amide bonds. The van der Waals surface area contributed by atoms with Crippen LogP contribution in [0.5, 0.6) is 0 Å². The van der Waals surface area contributed by atoms with Crippen LogP contribution in [0.15, 0.2) is 24.7 Å². The highest BCUT2D eigenvalue weighted by molar-refractivity contribution is 5.85. The lowest BCUT2D eigenvalue weighted by Crippen LogP contribution is -2.35. The lowest BCUT2D eigenvalue weighted by molar-refractivity contribution is 0.248. The van der Waals surface area contributed by atoms with Crippen molar-refractivity contribution in [2.45, 2.75) is 37.9 Å². The summed E-state index contributed by atoms with van der Waals surface area (Å²) in [6.45, 7) is 3.27. The van der Waals surface area contributed by atoms with Gasteiger partial charge < -0.3 is 5.32 Å². The predicted octanol–water partition coefficient (Wildman–Crippen LogP) is 1.48. The first-order chi connectivity index (χ1) is 9.37. The number of halogens is 1. The molecule has 108 valence electrons. The van der Waals surface area contributed by atoms with Gasteiger partial charge in [0.2, 0.25) is 5.78 Å². The van der Waals surface area contributed by atoms with Crippen molar-refractivity contribution < 1.29 is 0 Å². The van der Waals surface area contributed by atoms with Crippen molar-refractivity contribution in [3.05, 3.63) is 30.4 Å². The van der Waals surface area contributed by atoms with E-state index in [2.05, 4.69) is 26.4 Å². The quantitative estimate of drug-likeness (QED) is 0.911. The average Bonchev–Trinajstić information content (AvgIpc) is 2.95. The van der Waals surface area contributed by atoms with E-state index in [4.69, 9.17) is 0 Å². The molecule has 2 aliphatic heterocycles. The molecule has 0 radical (unpaired) electrons. The van der Waals surface area contributed by atoms with Crippen LogP contribution in [0.1, 0.15) is 25.0 Å². The second-order valence-electron chi connectivity index (χ2n) is 5.72. The molecule has 20 heavy (non-hydrogen) atoms. The minimum atomic E-state index is 0. The SMILES string of the molecule is Cl.c1cnc2nc(CN3CCC4CCC(C3)N4)cn2c1. The van der Waals surface area contributed by atoms with Crippen molar-refractivity contribution in [1.29, 1.82) is 0 Å². The number of hydrogen-bond acceptors (Lipinski definition) is 4. The first-order valence-electron chi connectivity index (χ1n) is 7.14. The largest absolute Gasteiger partial charge is 0.310 e. The van der Waals surface area contributed by atoms with Gasteiger partial charge in [-0.2, -0.15) is 0 Å². The minimum absolute atomic E-state index is 0. The molecule has 4 heterocycles. The van der Waals surface area contributed by atoms with Crippen molar-refractivity contribution in [1.82, 2.24) is 24.6 Å². The van der Waals surface area contributed by atoms with E-state index in [1.165, 1.54) is 25.8 Å². The monoisotopic (exact) mass is 293 g/mol.